The molecule has 2 aromatic carbocycles. The summed E-state index contributed by atoms with van der Waals surface area (Å²) in [6.45, 7) is 1.10. The van der Waals surface area contributed by atoms with Crippen molar-refractivity contribution in [1.29, 1.82) is 0 Å². The largest absolute Gasteiger partial charge is 0.497 e. The van der Waals surface area contributed by atoms with Crippen LogP contribution >= 0.6 is 11.3 Å². The van der Waals surface area contributed by atoms with Gasteiger partial charge in [-0.1, -0.05) is 36.4 Å². The molecule has 0 radical (unpaired) electrons. The molecule has 0 fully saturated rings. The van der Waals surface area contributed by atoms with Gasteiger partial charge in [-0.2, -0.15) is 5.10 Å². The summed E-state index contributed by atoms with van der Waals surface area (Å²) in [5.74, 6) is 0.627. The predicted octanol–water partition coefficient (Wildman–Crippen LogP) is 4.70. The normalized spacial score (nSPS) is 12.0. The van der Waals surface area contributed by atoms with Gasteiger partial charge in [-0.3, -0.25) is 9.48 Å². The number of carbonyl (C=O) groups is 1. The Bertz CT molecular complexity index is 1170. The number of methoxy groups -OCH3 is 1. The van der Waals surface area contributed by atoms with Crippen molar-refractivity contribution >= 4 is 17.2 Å². The van der Waals surface area contributed by atoms with Crippen LogP contribution in [0.4, 0.5) is 0 Å². The summed E-state index contributed by atoms with van der Waals surface area (Å²) in [7, 11) is 5.69. The molecule has 2 heterocycles. The lowest BCUT2D eigenvalue weighted by Gasteiger charge is -2.23. The summed E-state index contributed by atoms with van der Waals surface area (Å²) >= 11 is 1.69. The molecular formula is C26H28N4O2S. The minimum atomic E-state index is -0.136. The Kier molecular flexibility index (Phi) is 7.22. The zero-order chi connectivity index (χ0) is 23.2. The molecule has 0 aliphatic heterocycles. The van der Waals surface area contributed by atoms with Crippen LogP contribution in [-0.2, 0) is 6.54 Å². The van der Waals surface area contributed by atoms with E-state index >= 15 is 0 Å². The van der Waals surface area contributed by atoms with Crippen LogP contribution in [0.1, 0.15) is 26.8 Å². The Labute approximate surface area is 198 Å². The molecule has 1 unspecified atom stereocenters. The molecule has 7 heteroatoms. The Balaban J connectivity index is 1.60. The molecule has 33 heavy (non-hydrogen) atoms. The van der Waals surface area contributed by atoms with E-state index in [1.54, 1.807) is 18.4 Å². The number of carbonyl (C=O) groups excluding carboxylic acids is 1. The summed E-state index contributed by atoms with van der Waals surface area (Å²) in [6, 6.07) is 22.0. The molecule has 0 saturated carbocycles. The highest BCUT2D eigenvalue weighted by molar-refractivity contribution is 7.10. The maximum atomic E-state index is 13.3. The van der Waals surface area contributed by atoms with E-state index in [-0.39, 0.29) is 11.9 Å². The van der Waals surface area contributed by atoms with Gasteiger partial charge in [0.05, 0.1) is 25.3 Å². The first kappa shape index (κ1) is 22.8. The van der Waals surface area contributed by atoms with E-state index in [0.717, 1.165) is 16.9 Å². The maximum Gasteiger partial charge on any atom is 0.255 e. The van der Waals surface area contributed by atoms with Crippen LogP contribution in [0.5, 0.6) is 5.75 Å². The third kappa shape index (κ3) is 5.50. The fraction of sp³-hybridized carbons (Fsp3) is 0.231. The molecule has 4 rings (SSSR count). The average molecular weight is 461 g/mol. The van der Waals surface area contributed by atoms with Crippen LogP contribution in [0.25, 0.3) is 11.3 Å². The number of benzene rings is 2. The molecule has 0 spiro atoms. The molecule has 6 nitrogen and oxygen atoms in total. The Morgan fingerprint density at radius 1 is 1.09 bits per heavy atom. The van der Waals surface area contributed by atoms with Crippen molar-refractivity contribution in [2.45, 2.75) is 12.6 Å². The minimum absolute atomic E-state index is 0.109. The fourth-order valence-corrected chi connectivity index (χ4v) is 4.63. The number of aromatic nitrogens is 2. The van der Waals surface area contributed by atoms with Crippen molar-refractivity contribution in [3.63, 3.8) is 0 Å². The van der Waals surface area contributed by atoms with Crippen LogP contribution in [0, 0.1) is 0 Å². The first-order valence-electron chi connectivity index (χ1n) is 10.8. The topological polar surface area (TPSA) is 59.4 Å². The molecule has 0 saturated heterocycles. The van der Waals surface area contributed by atoms with Crippen molar-refractivity contribution in [2.75, 3.05) is 27.7 Å². The van der Waals surface area contributed by atoms with Crippen LogP contribution in [0.2, 0.25) is 0 Å². The van der Waals surface area contributed by atoms with Crippen molar-refractivity contribution in [2.24, 2.45) is 0 Å². The standard InChI is InChI=1S/C26H28N4O2S/c1-29(2)23(24-10-7-15-33-24)16-27-26(31)22-18-30(17-19-8-5-4-6-9-19)28-25(22)20-11-13-21(32-3)14-12-20/h4-15,18,23H,16-17H2,1-3H3,(H,27,31). The van der Waals surface area contributed by atoms with Crippen molar-refractivity contribution in [1.82, 2.24) is 20.0 Å². The molecule has 0 bridgehead atoms. The number of nitrogens with zero attached hydrogens (tertiary/aromatic N) is 3. The van der Waals surface area contributed by atoms with E-state index in [2.05, 4.69) is 33.8 Å². The van der Waals surface area contributed by atoms with E-state index in [1.807, 2.05) is 73.5 Å². The zero-order valence-electron chi connectivity index (χ0n) is 19.1. The van der Waals surface area contributed by atoms with Crippen LogP contribution in [0.15, 0.2) is 78.3 Å². The number of rotatable bonds is 9. The molecule has 170 valence electrons. The molecule has 0 aliphatic rings. The number of ether oxygens (including phenoxy) is 1. The quantitative estimate of drug-likeness (QED) is 0.393. The molecule has 1 N–H and O–H groups in total. The van der Waals surface area contributed by atoms with Gasteiger partial charge in [-0.15, -0.1) is 11.3 Å². The van der Waals surface area contributed by atoms with Crippen molar-refractivity contribution < 1.29 is 9.53 Å². The Morgan fingerprint density at radius 2 is 1.85 bits per heavy atom. The predicted molar refractivity (Wildman–Crippen MR) is 133 cm³/mol. The van der Waals surface area contributed by atoms with Gasteiger partial charge in [0, 0.05) is 23.2 Å². The van der Waals surface area contributed by atoms with Crippen LogP contribution < -0.4 is 10.1 Å². The Morgan fingerprint density at radius 3 is 2.48 bits per heavy atom. The zero-order valence-corrected chi connectivity index (χ0v) is 19.9. The van der Waals surface area contributed by atoms with Gasteiger partial charge in [-0.05, 0) is 55.4 Å². The highest BCUT2D eigenvalue weighted by Crippen LogP contribution is 2.26. The summed E-state index contributed by atoms with van der Waals surface area (Å²) in [4.78, 5) is 16.7. The van der Waals surface area contributed by atoms with Crippen molar-refractivity contribution in [3.05, 3.63) is 94.3 Å². The molecule has 1 atom stereocenters. The van der Waals surface area contributed by atoms with E-state index in [0.29, 0.717) is 24.3 Å². The second-order valence-electron chi connectivity index (χ2n) is 8.01. The van der Waals surface area contributed by atoms with Gasteiger partial charge in [0.25, 0.3) is 5.91 Å². The van der Waals surface area contributed by atoms with Crippen LogP contribution in [0.3, 0.4) is 0 Å². The second-order valence-corrected chi connectivity index (χ2v) is 8.99. The van der Waals surface area contributed by atoms with E-state index < -0.39 is 0 Å². The number of likely N-dealkylation sites (N-methyl/N-ethyl adjacent to an activating group) is 1. The van der Waals surface area contributed by atoms with Gasteiger partial charge < -0.3 is 15.0 Å². The maximum absolute atomic E-state index is 13.3. The smallest absolute Gasteiger partial charge is 0.255 e. The minimum Gasteiger partial charge on any atom is -0.497 e. The SMILES string of the molecule is COc1ccc(-c2nn(Cc3ccccc3)cc2C(=O)NCC(c2cccs2)N(C)C)cc1. The first-order valence-corrected chi connectivity index (χ1v) is 11.7. The molecular weight excluding hydrogens is 432 g/mol. The summed E-state index contributed by atoms with van der Waals surface area (Å²) in [5.41, 5.74) is 3.21. The molecule has 2 aromatic heterocycles. The third-order valence-electron chi connectivity index (χ3n) is 5.51. The van der Waals surface area contributed by atoms with E-state index in [9.17, 15) is 4.79 Å². The second kappa shape index (κ2) is 10.5. The monoisotopic (exact) mass is 460 g/mol. The van der Waals surface area contributed by atoms with Crippen LogP contribution in [-0.4, -0.2) is 48.3 Å². The number of hydrogen-bond donors (Lipinski definition) is 1. The van der Waals surface area contributed by atoms with E-state index in [4.69, 9.17) is 9.84 Å². The Hall–Kier alpha value is -3.42. The van der Waals surface area contributed by atoms with Gasteiger partial charge >= 0.3 is 0 Å². The number of amides is 1. The lowest BCUT2D eigenvalue weighted by atomic mass is 10.1. The van der Waals surface area contributed by atoms with Gasteiger partial charge in [0.15, 0.2) is 0 Å². The van der Waals surface area contributed by atoms with E-state index in [1.165, 1.54) is 4.88 Å². The molecule has 0 aliphatic carbocycles. The third-order valence-corrected chi connectivity index (χ3v) is 6.48. The van der Waals surface area contributed by atoms with Gasteiger partial charge in [-0.25, -0.2) is 0 Å². The number of nitrogens with one attached hydrogen (secondary N) is 1. The molecule has 4 aromatic rings. The number of hydrogen-bond acceptors (Lipinski definition) is 5. The first-order chi connectivity index (χ1) is 16.0. The number of thiophene rings is 1. The van der Waals surface area contributed by atoms with Gasteiger partial charge in [0.1, 0.15) is 11.4 Å². The highest BCUT2D eigenvalue weighted by Gasteiger charge is 2.21. The summed E-state index contributed by atoms with van der Waals surface area (Å²) < 4.78 is 7.11. The summed E-state index contributed by atoms with van der Waals surface area (Å²) in [6.07, 6.45) is 1.83. The lowest BCUT2D eigenvalue weighted by molar-refractivity contribution is 0.0943. The lowest BCUT2D eigenvalue weighted by Crippen LogP contribution is -2.34. The van der Waals surface area contributed by atoms with Gasteiger partial charge in [0.2, 0.25) is 0 Å². The average Bonchev–Trinajstić information content (AvgIpc) is 3.50. The molecule has 1 amide bonds. The fourth-order valence-electron chi connectivity index (χ4n) is 3.70. The van der Waals surface area contributed by atoms with Crippen molar-refractivity contribution in [3.8, 4) is 17.0 Å². The highest BCUT2D eigenvalue weighted by atomic mass is 32.1. The summed E-state index contributed by atoms with van der Waals surface area (Å²) in [5, 5.41) is 9.96.